The molecule has 0 saturated carbocycles. The Bertz CT molecular complexity index is 1250. The van der Waals surface area contributed by atoms with Crippen molar-refractivity contribution in [3.63, 3.8) is 0 Å². The number of thioether (sulfide) groups is 1. The summed E-state index contributed by atoms with van der Waals surface area (Å²) >= 11 is 0.891. The number of pyridine rings is 1. The van der Waals surface area contributed by atoms with Crippen LogP contribution in [-0.2, 0) is 11.3 Å². The fourth-order valence-electron chi connectivity index (χ4n) is 4.23. The highest BCUT2D eigenvalue weighted by Crippen LogP contribution is 2.26. The highest BCUT2D eigenvalue weighted by molar-refractivity contribution is 8.18. The van der Waals surface area contributed by atoms with Crippen LogP contribution >= 0.6 is 11.8 Å². The molecule has 2 aliphatic heterocycles. The number of aryl methyl sites for hydroxylation is 1. The van der Waals surface area contributed by atoms with Gasteiger partial charge in [0, 0.05) is 43.0 Å². The quantitative estimate of drug-likeness (QED) is 0.559. The summed E-state index contributed by atoms with van der Waals surface area (Å²) in [6.45, 7) is 4.55. The molecule has 4 heterocycles. The van der Waals surface area contributed by atoms with Crippen molar-refractivity contribution in [3.05, 3.63) is 64.5 Å². The number of carbonyl (C=O) groups excluding carboxylic acids is 2. The molecule has 2 aliphatic rings. The number of benzene rings is 1. The van der Waals surface area contributed by atoms with E-state index in [2.05, 4.69) is 54.8 Å². The third-order valence-electron chi connectivity index (χ3n) is 5.87. The van der Waals surface area contributed by atoms with Crippen molar-refractivity contribution >= 4 is 45.8 Å². The first-order valence-electron chi connectivity index (χ1n) is 11.0. The van der Waals surface area contributed by atoms with Gasteiger partial charge in [-0.05, 0) is 61.4 Å². The zero-order chi connectivity index (χ0) is 22.8. The number of fused-ring (bicyclic) bond motifs is 1. The van der Waals surface area contributed by atoms with E-state index in [0.29, 0.717) is 22.6 Å². The minimum atomic E-state index is -0.380. The second-order valence-corrected chi connectivity index (χ2v) is 9.23. The fraction of sp³-hybridized carbons (Fsp3) is 0.292. The number of nitrogens with zero attached hydrogens (tertiary/aromatic N) is 4. The SMILES string of the molecule is Cc1cc(CNC2CCN(c3nccc(/C=C4\SC(=O)NC4=O)n3)CC2)c2ccccc2n1. The Balaban J connectivity index is 1.20. The number of nitrogens with one attached hydrogen (secondary N) is 2. The smallest absolute Gasteiger partial charge is 0.290 e. The van der Waals surface area contributed by atoms with E-state index in [-0.39, 0.29) is 11.1 Å². The topological polar surface area (TPSA) is 100 Å². The summed E-state index contributed by atoms with van der Waals surface area (Å²) in [5, 5.41) is 6.81. The van der Waals surface area contributed by atoms with E-state index in [1.54, 1.807) is 18.3 Å². The molecule has 2 N–H and O–H groups in total. The molecule has 2 fully saturated rings. The van der Waals surface area contributed by atoms with Gasteiger partial charge in [0.1, 0.15) is 0 Å². The summed E-state index contributed by atoms with van der Waals surface area (Å²) in [4.78, 5) is 39.3. The van der Waals surface area contributed by atoms with E-state index in [4.69, 9.17) is 0 Å². The van der Waals surface area contributed by atoms with Crippen molar-refractivity contribution in [2.24, 2.45) is 0 Å². The Morgan fingerprint density at radius 1 is 1.18 bits per heavy atom. The van der Waals surface area contributed by atoms with Gasteiger partial charge in [0.25, 0.3) is 11.1 Å². The van der Waals surface area contributed by atoms with E-state index in [1.165, 1.54) is 10.9 Å². The normalized spacial score (nSPS) is 18.3. The molecule has 0 radical (unpaired) electrons. The number of anilines is 1. The largest absolute Gasteiger partial charge is 0.341 e. The van der Waals surface area contributed by atoms with Crippen LogP contribution in [0.15, 0.2) is 47.5 Å². The van der Waals surface area contributed by atoms with E-state index in [1.807, 2.05) is 13.0 Å². The number of para-hydroxylation sites is 1. The summed E-state index contributed by atoms with van der Waals surface area (Å²) in [5.74, 6) is 0.266. The molecule has 0 spiro atoms. The molecule has 1 aromatic carbocycles. The molecule has 168 valence electrons. The molecule has 0 aliphatic carbocycles. The number of carbonyl (C=O) groups is 2. The first kappa shape index (κ1) is 21.5. The Morgan fingerprint density at radius 3 is 2.79 bits per heavy atom. The van der Waals surface area contributed by atoms with Crippen molar-refractivity contribution < 1.29 is 9.59 Å². The molecular formula is C24H24N6O2S. The third kappa shape index (κ3) is 4.89. The average Bonchev–Trinajstić information content (AvgIpc) is 3.14. The molecule has 2 aromatic heterocycles. The number of rotatable bonds is 5. The first-order chi connectivity index (χ1) is 16.0. The van der Waals surface area contributed by atoms with Crippen molar-refractivity contribution in [1.29, 1.82) is 0 Å². The van der Waals surface area contributed by atoms with Gasteiger partial charge in [-0.25, -0.2) is 9.97 Å². The maximum absolute atomic E-state index is 11.8. The molecule has 0 unspecified atom stereocenters. The van der Waals surface area contributed by atoms with Gasteiger partial charge in [-0.1, -0.05) is 18.2 Å². The lowest BCUT2D eigenvalue weighted by molar-refractivity contribution is -0.115. The monoisotopic (exact) mass is 460 g/mol. The molecule has 8 nitrogen and oxygen atoms in total. The van der Waals surface area contributed by atoms with Crippen molar-refractivity contribution in [1.82, 2.24) is 25.6 Å². The number of amides is 2. The number of piperidine rings is 1. The van der Waals surface area contributed by atoms with Gasteiger partial charge in [0.15, 0.2) is 0 Å². The maximum Gasteiger partial charge on any atom is 0.290 e. The van der Waals surface area contributed by atoms with Crippen molar-refractivity contribution in [2.45, 2.75) is 32.4 Å². The van der Waals surface area contributed by atoms with Gasteiger partial charge < -0.3 is 10.2 Å². The number of hydrogen-bond donors (Lipinski definition) is 2. The predicted molar refractivity (Wildman–Crippen MR) is 130 cm³/mol. The summed E-state index contributed by atoms with van der Waals surface area (Å²) in [5.41, 5.74) is 3.96. The highest BCUT2D eigenvalue weighted by Gasteiger charge is 2.25. The van der Waals surface area contributed by atoms with Gasteiger partial charge in [-0.15, -0.1) is 0 Å². The second kappa shape index (κ2) is 9.29. The lowest BCUT2D eigenvalue weighted by atomic mass is 10.0. The summed E-state index contributed by atoms with van der Waals surface area (Å²) in [6, 6.07) is 12.6. The zero-order valence-electron chi connectivity index (χ0n) is 18.2. The third-order valence-corrected chi connectivity index (χ3v) is 6.68. The zero-order valence-corrected chi connectivity index (χ0v) is 19.1. The molecular weight excluding hydrogens is 436 g/mol. The van der Waals surface area contributed by atoms with Crippen LogP contribution in [0.3, 0.4) is 0 Å². The minimum Gasteiger partial charge on any atom is -0.341 e. The standard InChI is InChI=1S/C24H24N6O2S/c1-15-12-16(19-4-2-3-5-20(19)27-15)14-26-17-7-10-30(11-8-17)23-25-9-6-18(28-23)13-21-22(31)29-24(32)33-21/h2-6,9,12-13,17,26H,7-8,10-11,14H2,1H3,(H,29,31,32)/b21-13-. The summed E-state index contributed by atoms with van der Waals surface area (Å²) in [6.07, 6.45) is 5.30. The highest BCUT2D eigenvalue weighted by atomic mass is 32.2. The molecule has 9 heteroatoms. The second-order valence-electron chi connectivity index (χ2n) is 8.22. The molecule has 2 saturated heterocycles. The Morgan fingerprint density at radius 2 is 2.00 bits per heavy atom. The van der Waals surface area contributed by atoms with Crippen molar-refractivity contribution in [2.75, 3.05) is 18.0 Å². The molecule has 0 bridgehead atoms. The lowest BCUT2D eigenvalue weighted by Gasteiger charge is -2.32. The van der Waals surface area contributed by atoms with Gasteiger partial charge in [-0.2, -0.15) is 0 Å². The van der Waals surface area contributed by atoms with Crippen LogP contribution in [0.1, 0.15) is 29.8 Å². The van der Waals surface area contributed by atoms with Crippen LogP contribution in [0, 0.1) is 6.92 Å². The van der Waals surface area contributed by atoms with Crippen LogP contribution in [-0.4, -0.2) is 45.2 Å². The fourth-order valence-corrected chi connectivity index (χ4v) is 4.90. The van der Waals surface area contributed by atoms with E-state index in [9.17, 15) is 9.59 Å². The van der Waals surface area contributed by atoms with Crippen LogP contribution in [0.25, 0.3) is 17.0 Å². The molecule has 2 amide bonds. The molecule has 0 atom stereocenters. The Kier molecular flexibility index (Phi) is 6.06. The van der Waals surface area contributed by atoms with E-state index >= 15 is 0 Å². The first-order valence-corrected chi connectivity index (χ1v) is 11.8. The van der Waals surface area contributed by atoms with Crippen LogP contribution in [0.2, 0.25) is 0 Å². The number of hydrogen-bond acceptors (Lipinski definition) is 8. The summed E-state index contributed by atoms with van der Waals surface area (Å²) in [7, 11) is 0. The van der Waals surface area contributed by atoms with Gasteiger partial charge in [-0.3, -0.25) is 19.9 Å². The number of imide groups is 1. The van der Waals surface area contributed by atoms with E-state index < -0.39 is 0 Å². The molecule has 3 aromatic rings. The van der Waals surface area contributed by atoms with Crippen LogP contribution in [0.5, 0.6) is 0 Å². The van der Waals surface area contributed by atoms with Crippen LogP contribution in [0.4, 0.5) is 10.7 Å². The Hall–Kier alpha value is -3.30. The van der Waals surface area contributed by atoms with E-state index in [0.717, 1.165) is 55.4 Å². The summed E-state index contributed by atoms with van der Waals surface area (Å²) < 4.78 is 0. The van der Waals surface area contributed by atoms with Gasteiger partial charge >= 0.3 is 0 Å². The maximum atomic E-state index is 11.8. The Labute approximate surface area is 195 Å². The van der Waals surface area contributed by atoms with Gasteiger partial charge in [0.05, 0.1) is 16.1 Å². The average molecular weight is 461 g/mol. The van der Waals surface area contributed by atoms with Crippen LogP contribution < -0.4 is 15.5 Å². The van der Waals surface area contributed by atoms with Crippen molar-refractivity contribution in [3.8, 4) is 0 Å². The van der Waals surface area contributed by atoms with Gasteiger partial charge in [0.2, 0.25) is 5.95 Å². The molecule has 33 heavy (non-hydrogen) atoms. The minimum absolute atomic E-state index is 0.353. The number of aromatic nitrogens is 3. The predicted octanol–water partition coefficient (Wildman–Crippen LogP) is 3.42. The molecule has 5 rings (SSSR count). The lowest BCUT2D eigenvalue weighted by Crippen LogP contribution is -2.43.